The number of fused-ring (bicyclic) bond motifs is 2. The van der Waals surface area contributed by atoms with Gasteiger partial charge in [0.15, 0.2) is 11.6 Å². The topological polar surface area (TPSA) is 169 Å². The van der Waals surface area contributed by atoms with Gasteiger partial charge in [-0.15, -0.1) is 0 Å². The van der Waals surface area contributed by atoms with Crippen molar-refractivity contribution in [3.63, 3.8) is 0 Å². The fraction of sp³-hybridized carbons (Fsp3) is 0.522. The zero-order valence-corrected chi connectivity index (χ0v) is 35.5. The standard InChI is InChI=1S/2C23H31N5O2/c1-2-3-12-30-23-25-21(24)20-13-19(29)16-28(22(20)26-23)15-18-8-6-17(7-9-18)14-27-10-4-5-11-27;1-2-3-12-30-23-25-21(24)20-13-19(29)16-28(22(20)26-23)15-18-9-5-4-8-17(18)14-27-10-6-7-11-27/h6-9H,2-5,10-16H2,1H3,(H2,24,25,26);4-5,8-9H,2-3,6-7,10-16H2,1H3,(H2,24,25,26). The van der Waals surface area contributed by atoms with Gasteiger partial charge in [-0.2, -0.15) is 19.9 Å². The van der Waals surface area contributed by atoms with E-state index < -0.39 is 0 Å². The third-order valence-corrected chi connectivity index (χ3v) is 11.6. The number of unbranched alkanes of at least 4 members (excludes halogenated alkanes) is 2. The van der Waals surface area contributed by atoms with Crippen molar-refractivity contribution in [2.24, 2.45) is 0 Å². The van der Waals surface area contributed by atoms with Crippen molar-refractivity contribution < 1.29 is 19.1 Å². The fourth-order valence-corrected chi connectivity index (χ4v) is 8.31. The number of hydrogen-bond donors (Lipinski definition) is 2. The minimum atomic E-state index is 0.128. The first-order chi connectivity index (χ1) is 29.3. The molecule has 8 rings (SSSR count). The number of benzene rings is 2. The molecular weight excluding hydrogens is 757 g/mol. The molecular formula is C46H62N10O4. The summed E-state index contributed by atoms with van der Waals surface area (Å²) in [6.07, 6.45) is 9.65. The van der Waals surface area contributed by atoms with E-state index in [0.29, 0.717) is 74.2 Å². The Bertz CT molecular complexity index is 2070. The number of carbonyl (C=O) groups is 2. The van der Waals surface area contributed by atoms with Crippen molar-refractivity contribution in [3.8, 4) is 12.0 Å². The number of aromatic nitrogens is 4. The highest BCUT2D eigenvalue weighted by Crippen LogP contribution is 2.33. The van der Waals surface area contributed by atoms with Gasteiger partial charge < -0.3 is 30.7 Å². The van der Waals surface area contributed by atoms with Crippen LogP contribution in [0.5, 0.6) is 12.0 Å². The molecule has 0 bridgehead atoms. The number of hydrogen-bond acceptors (Lipinski definition) is 14. The van der Waals surface area contributed by atoms with Crippen molar-refractivity contribution >= 4 is 34.8 Å². The first-order valence-electron chi connectivity index (χ1n) is 22.0. The van der Waals surface area contributed by atoms with Crippen molar-refractivity contribution in [2.75, 3.05) is 73.7 Å². The smallest absolute Gasteiger partial charge is 0.320 e. The maximum atomic E-state index is 12.4. The van der Waals surface area contributed by atoms with Crippen molar-refractivity contribution in [2.45, 2.75) is 104 Å². The number of Topliss-reactive ketones (excluding diaryl/α,β-unsaturated/α-hetero) is 2. The van der Waals surface area contributed by atoms with Gasteiger partial charge in [-0.25, -0.2) is 0 Å². The Labute approximate surface area is 354 Å². The Morgan fingerprint density at radius 3 is 1.48 bits per heavy atom. The Kier molecular flexibility index (Phi) is 14.8. The van der Waals surface area contributed by atoms with Crippen LogP contribution in [0.2, 0.25) is 0 Å². The molecule has 0 amide bonds. The van der Waals surface area contributed by atoms with Crippen LogP contribution in [0.1, 0.15) is 98.6 Å². The van der Waals surface area contributed by atoms with Gasteiger partial charge in [-0.05, 0) is 87.0 Å². The van der Waals surface area contributed by atoms with Crippen LogP contribution in [-0.4, -0.2) is 93.8 Å². The monoisotopic (exact) mass is 818 g/mol. The molecule has 2 aromatic carbocycles. The number of likely N-dealkylation sites (tertiary alicyclic amines) is 2. The van der Waals surface area contributed by atoms with Crippen LogP contribution in [-0.2, 0) is 48.6 Å². The second kappa shape index (κ2) is 20.8. The number of anilines is 4. The maximum absolute atomic E-state index is 12.4. The number of ketones is 2. The lowest BCUT2D eigenvalue weighted by Crippen LogP contribution is -2.37. The summed E-state index contributed by atoms with van der Waals surface area (Å²) in [6.45, 7) is 13.9. The second-order valence-corrected chi connectivity index (χ2v) is 16.5. The van der Waals surface area contributed by atoms with Crippen LogP contribution in [0.25, 0.3) is 0 Å². The minimum Gasteiger partial charge on any atom is -0.463 e. The molecule has 4 aliphatic rings. The molecule has 2 aromatic heterocycles. The summed E-state index contributed by atoms with van der Waals surface area (Å²) < 4.78 is 11.4. The fourth-order valence-electron chi connectivity index (χ4n) is 8.31. The van der Waals surface area contributed by atoms with Crippen molar-refractivity contribution in [1.82, 2.24) is 29.7 Å². The summed E-state index contributed by atoms with van der Waals surface area (Å²) in [5.74, 6) is 2.39. The van der Waals surface area contributed by atoms with Gasteiger partial charge in [-0.1, -0.05) is 75.2 Å². The molecule has 2 fully saturated rings. The molecule has 0 atom stereocenters. The molecule has 4 N–H and O–H groups in total. The van der Waals surface area contributed by atoms with Gasteiger partial charge in [0.2, 0.25) is 0 Å². The molecule has 14 heteroatoms. The summed E-state index contributed by atoms with van der Waals surface area (Å²) in [7, 11) is 0. The number of rotatable bonds is 16. The van der Waals surface area contributed by atoms with E-state index in [1.807, 2.05) is 9.80 Å². The highest BCUT2D eigenvalue weighted by atomic mass is 16.5. The van der Waals surface area contributed by atoms with Crippen LogP contribution in [0.3, 0.4) is 0 Å². The number of carbonyl (C=O) groups excluding carboxylic acids is 2. The molecule has 0 saturated carbocycles. The lowest BCUT2D eigenvalue weighted by Gasteiger charge is -2.31. The first kappa shape index (κ1) is 42.8. The normalized spacial score (nSPS) is 16.7. The summed E-state index contributed by atoms with van der Waals surface area (Å²) in [5.41, 5.74) is 18.8. The van der Waals surface area contributed by atoms with E-state index in [1.54, 1.807) is 0 Å². The molecule has 0 aliphatic carbocycles. The molecule has 320 valence electrons. The van der Waals surface area contributed by atoms with E-state index >= 15 is 0 Å². The van der Waals surface area contributed by atoms with E-state index in [4.69, 9.17) is 20.9 Å². The Balaban J connectivity index is 0.000000181. The molecule has 2 saturated heterocycles. The Morgan fingerprint density at radius 1 is 0.567 bits per heavy atom. The molecule has 0 unspecified atom stereocenters. The van der Waals surface area contributed by atoms with E-state index in [2.05, 4.69) is 92.1 Å². The van der Waals surface area contributed by atoms with Crippen LogP contribution >= 0.6 is 0 Å². The molecule has 0 spiro atoms. The molecule has 6 heterocycles. The maximum Gasteiger partial charge on any atom is 0.320 e. The van der Waals surface area contributed by atoms with Crippen molar-refractivity contribution in [1.29, 1.82) is 0 Å². The minimum absolute atomic E-state index is 0.128. The van der Waals surface area contributed by atoms with Gasteiger partial charge in [0.25, 0.3) is 0 Å². The van der Waals surface area contributed by atoms with E-state index in [0.717, 1.165) is 69.1 Å². The van der Waals surface area contributed by atoms with Gasteiger partial charge in [0, 0.05) is 50.1 Å². The second-order valence-electron chi connectivity index (χ2n) is 16.5. The average Bonchev–Trinajstić information content (AvgIpc) is 3.96. The molecule has 4 aliphatic heterocycles. The van der Waals surface area contributed by atoms with Gasteiger partial charge in [0.05, 0.1) is 26.3 Å². The zero-order chi connectivity index (χ0) is 41.8. The van der Waals surface area contributed by atoms with E-state index in [1.165, 1.54) is 55.5 Å². The van der Waals surface area contributed by atoms with E-state index in [9.17, 15) is 9.59 Å². The quantitative estimate of drug-likeness (QED) is 0.128. The zero-order valence-electron chi connectivity index (χ0n) is 35.5. The number of nitrogens with zero attached hydrogens (tertiary/aromatic N) is 8. The van der Waals surface area contributed by atoms with Crippen LogP contribution in [0.15, 0.2) is 48.5 Å². The summed E-state index contributed by atoms with van der Waals surface area (Å²) >= 11 is 0. The summed E-state index contributed by atoms with van der Waals surface area (Å²) in [5, 5.41) is 0. The number of nitrogen functional groups attached to an aromatic ring is 2. The van der Waals surface area contributed by atoms with Gasteiger partial charge in [0.1, 0.15) is 23.3 Å². The van der Waals surface area contributed by atoms with E-state index in [-0.39, 0.29) is 24.4 Å². The third kappa shape index (κ3) is 11.3. The molecule has 60 heavy (non-hydrogen) atoms. The van der Waals surface area contributed by atoms with Crippen LogP contribution < -0.4 is 30.7 Å². The van der Waals surface area contributed by atoms with Crippen LogP contribution in [0, 0.1) is 0 Å². The molecule has 14 nitrogen and oxygen atoms in total. The third-order valence-electron chi connectivity index (χ3n) is 11.6. The Hall–Kier alpha value is -5.34. The summed E-state index contributed by atoms with van der Waals surface area (Å²) in [6, 6.07) is 17.7. The summed E-state index contributed by atoms with van der Waals surface area (Å²) in [4.78, 5) is 51.5. The largest absolute Gasteiger partial charge is 0.463 e. The number of ether oxygens (including phenoxy) is 2. The highest BCUT2D eigenvalue weighted by Gasteiger charge is 2.30. The Morgan fingerprint density at radius 2 is 1.00 bits per heavy atom. The number of nitrogens with two attached hydrogens (primary N) is 2. The van der Waals surface area contributed by atoms with Gasteiger partial charge >= 0.3 is 12.0 Å². The lowest BCUT2D eigenvalue weighted by molar-refractivity contribution is -0.118. The van der Waals surface area contributed by atoms with Gasteiger partial charge in [-0.3, -0.25) is 19.4 Å². The molecule has 4 aromatic rings. The lowest BCUT2D eigenvalue weighted by atomic mass is 10.0. The SMILES string of the molecule is CCCCOc1nc(N)c2c(n1)N(Cc1ccc(CN3CCCC3)cc1)CC(=O)C2.CCCCOc1nc(N)c2c(n1)N(Cc1ccccc1CN1CCCC1)CC(=O)C2. The average molecular weight is 819 g/mol. The van der Waals surface area contributed by atoms with Crippen molar-refractivity contribution in [3.05, 3.63) is 81.9 Å². The first-order valence-corrected chi connectivity index (χ1v) is 22.0. The highest BCUT2D eigenvalue weighted by molar-refractivity contribution is 5.92. The molecule has 0 radical (unpaired) electrons. The predicted molar refractivity (Wildman–Crippen MR) is 235 cm³/mol. The van der Waals surface area contributed by atoms with Crippen LogP contribution in [0.4, 0.5) is 23.3 Å². The predicted octanol–water partition coefficient (Wildman–Crippen LogP) is 5.93.